The zero-order valence-corrected chi connectivity index (χ0v) is 20.8. The van der Waals surface area contributed by atoms with E-state index in [-0.39, 0.29) is 48.9 Å². The normalized spacial score (nSPS) is 22.4. The maximum Gasteiger partial charge on any atom is 0.407 e. The quantitative estimate of drug-likeness (QED) is 0.561. The number of nitrogens with zero attached hydrogens (tertiary/aromatic N) is 4. The summed E-state index contributed by atoms with van der Waals surface area (Å²) in [5.74, 6) is -1.90. The third kappa shape index (κ3) is 6.36. The highest BCUT2D eigenvalue weighted by Crippen LogP contribution is 2.40. The number of fused-ring (bicyclic) bond motifs is 1. The number of rotatable bonds is 8. The number of hydrogen-bond donors (Lipinski definition) is 1. The number of sulfonamides is 1. The number of carbonyl (C=O) groups excluding carboxylic acids is 1. The molecule has 0 spiro atoms. The van der Waals surface area contributed by atoms with Crippen molar-refractivity contribution in [3.8, 4) is 0 Å². The van der Waals surface area contributed by atoms with Gasteiger partial charge >= 0.3 is 12.3 Å². The van der Waals surface area contributed by atoms with Gasteiger partial charge in [0.05, 0.1) is 12.3 Å². The van der Waals surface area contributed by atoms with Crippen LogP contribution in [-0.2, 0) is 34.5 Å². The molecule has 1 fully saturated rings. The van der Waals surface area contributed by atoms with E-state index in [1.54, 1.807) is 0 Å². The summed E-state index contributed by atoms with van der Waals surface area (Å²) in [6, 6.07) is 9.10. The van der Waals surface area contributed by atoms with Crippen molar-refractivity contribution in [2.45, 2.75) is 69.9 Å². The molecule has 36 heavy (non-hydrogen) atoms. The minimum atomic E-state index is -4.42. The lowest BCUT2D eigenvalue weighted by molar-refractivity contribution is -0.156. The van der Waals surface area contributed by atoms with Crippen LogP contribution in [0.15, 0.2) is 30.3 Å². The van der Waals surface area contributed by atoms with Gasteiger partial charge in [-0.15, -0.1) is 10.2 Å². The molecule has 13 heteroatoms. The number of benzene rings is 1. The Hall–Kier alpha value is -2.67. The predicted octanol–water partition coefficient (Wildman–Crippen LogP) is 3.57. The fourth-order valence-electron chi connectivity index (χ4n) is 4.87. The highest BCUT2D eigenvalue weighted by atomic mass is 32.2. The Balaban J connectivity index is 1.28. The third-order valence-electron chi connectivity index (χ3n) is 6.80. The molecule has 1 aromatic heterocycles. The molecular weight excluding hydrogens is 499 g/mol. The molecule has 1 saturated carbocycles. The third-order valence-corrected chi connectivity index (χ3v) is 8.77. The van der Waals surface area contributed by atoms with E-state index in [0.717, 1.165) is 9.87 Å². The van der Waals surface area contributed by atoms with Crippen molar-refractivity contribution in [2.75, 3.05) is 12.8 Å². The molecule has 1 aliphatic carbocycles. The largest absolute Gasteiger partial charge is 0.445 e. The second-order valence-corrected chi connectivity index (χ2v) is 11.6. The van der Waals surface area contributed by atoms with Crippen LogP contribution in [0.5, 0.6) is 0 Å². The topological polar surface area (TPSA) is 106 Å². The van der Waals surface area contributed by atoms with Crippen molar-refractivity contribution < 1.29 is 31.1 Å². The van der Waals surface area contributed by atoms with E-state index in [2.05, 4.69) is 15.5 Å². The van der Waals surface area contributed by atoms with Crippen LogP contribution in [0, 0.1) is 5.92 Å². The molecule has 198 valence electrons. The zero-order chi connectivity index (χ0) is 25.9. The highest BCUT2D eigenvalue weighted by Gasteiger charge is 2.45. The van der Waals surface area contributed by atoms with E-state index < -0.39 is 28.2 Å². The Labute approximate surface area is 208 Å². The molecule has 1 aromatic carbocycles. The smallest absolute Gasteiger partial charge is 0.407 e. The maximum absolute atomic E-state index is 13.3. The van der Waals surface area contributed by atoms with Gasteiger partial charge in [-0.1, -0.05) is 30.3 Å². The fourth-order valence-corrected chi connectivity index (χ4v) is 6.34. The number of halogens is 3. The standard InChI is InChI=1S/C23H30F3N5O4S/c1-30(13-20-28-29-21-19(23(24,25)26)8-5-11-31(20)21)36(33,34)15-17-9-10-18(12-17)27-22(32)35-14-16-6-3-2-4-7-16/h2-4,6-7,17-19H,5,8-15H2,1H3,(H,27,32)/t17-,18+,19?/m1/s1. The Morgan fingerprint density at radius 2 is 1.94 bits per heavy atom. The van der Waals surface area contributed by atoms with Gasteiger partial charge in [-0.2, -0.15) is 17.5 Å². The molecule has 0 radical (unpaired) electrons. The molecule has 0 saturated heterocycles. The number of alkyl halides is 3. The van der Waals surface area contributed by atoms with Crippen LogP contribution in [-0.4, -0.2) is 58.6 Å². The number of carbonyl (C=O) groups is 1. The van der Waals surface area contributed by atoms with Gasteiger partial charge in [-0.25, -0.2) is 13.2 Å². The lowest BCUT2D eigenvalue weighted by Gasteiger charge is -2.26. The van der Waals surface area contributed by atoms with Crippen molar-refractivity contribution in [1.29, 1.82) is 0 Å². The number of hydrogen-bond acceptors (Lipinski definition) is 6. The number of amides is 1. The molecule has 1 amide bonds. The summed E-state index contributed by atoms with van der Waals surface area (Å²) in [6.45, 7) is 0.326. The molecule has 2 aromatic rings. The Kier molecular flexibility index (Phi) is 7.88. The SMILES string of the molecule is CN(Cc1nnc2n1CCCC2C(F)(F)F)S(=O)(=O)C[C@@H]1CC[C@H](NC(=O)OCc2ccccc2)C1. The van der Waals surface area contributed by atoms with Crippen LogP contribution in [0.2, 0.25) is 0 Å². The summed E-state index contributed by atoms with van der Waals surface area (Å²) >= 11 is 0. The minimum absolute atomic E-state index is 0.0492. The van der Waals surface area contributed by atoms with Gasteiger partial charge in [0, 0.05) is 19.6 Å². The van der Waals surface area contributed by atoms with Gasteiger partial charge in [0.15, 0.2) is 0 Å². The first kappa shape index (κ1) is 26.4. The second-order valence-electron chi connectivity index (χ2n) is 9.48. The maximum atomic E-state index is 13.3. The van der Waals surface area contributed by atoms with Crippen molar-refractivity contribution in [3.05, 3.63) is 47.5 Å². The predicted molar refractivity (Wildman–Crippen MR) is 124 cm³/mol. The van der Waals surface area contributed by atoms with E-state index in [0.29, 0.717) is 32.2 Å². The molecule has 3 atom stereocenters. The fraction of sp³-hybridized carbons (Fsp3) is 0.609. The molecule has 4 rings (SSSR count). The van der Waals surface area contributed by atoms with Crippen molar-refractivity contribution in [1.82, 2.24) is 24.4 Å². The Bertz CT molecular complexity index is 1160. The van der Waals surface area contributed by atoms with Gasteiger partial charge in [0.1, 0.15) is 24.2 Å². The lowest BCUT2D eigenvalue weighted by Crippen LogP contribution is -2.35. The molecular formula is C23H30F3N5O4S. The lowest BCUT2D eigenvalue weighted by atomic mass is 9.98. The first-order valence-electron chi connectivity index (χ1n) is 11.9. The number of ether oxygens (including phenoxy) is 1. The first-order valence-corrected chi connectivity index (χ1v) is 13.5. The average molecular weight is 530 g/mol. The summed E-state index contributed by atoms with van der Waals surface area (Å²) in [7, 11) is -2.30. The van der Waals surface area contributed by atoms with Gasteiger partial charge in [0.25, 0.3) is 0 Å². The van der Waals surface area contributed by atoms with E-state index in [1.807, 2.05) is 30.3 Å². The summed E-state index contributed by atoms with van der Waals surface area (Å²) in [4.78, 5) is 12.1. The molecule has 9 nitrogen and oxygen atoms in total. The van der Waals surface area contributed by atoms with Crippen LogP contribution in [0.25, 0.3) is 0 Å². The molecule has 1 unspecified atom stereocenters. The zero-order valence-electron chi connectivity index (χ0n) is 19.9. The number of aromatic nitrogens is 3. The van der Waals surface area contributed by atoms with Crippen LogP contribution < -0.4 is 5.32 Å². The van der Waals surface area contributed by atoms with Crippen molar-refractivity contribution in [3.63, 3.8) is 0 Å². The van der Waals surface area contributed by atoms with Gasteiger partial charge in [-0.05, 0) is 43.6 Å². The second kappa shape index (κ2) is 10.8. The van der Waals surface area contributed by atoms with E-state index in [4.69, 9.17) is 4.74 Å². The Morgan fingerprint density at radius 1 is 1.19 bits per heavy atom. The van der Waals surface area contributed by atoms with Gasteiger partial charge in [-0.3, -0.25) is 0 Å². The minimum Gasteiger partial charge on any atom is -0.445 e. The van der Waals surface area contributed by atoms with Gasteiger partial charge < -0.3 is 14.6 Å². The van der Waals surface area contributed by atoms with Crippen LogP contribution in [0.3, 0.4) is 0 Å². The highest BCUT2D eigenvalue weighted by molar-refractivity contribution is 7.89. The number of nitrogens with one attached hydrogen (secondary N) is 1. The van der Waals surface area contributed by atoms with E-state index in [9.17, 15) is 26.4 Å². The average Bonchev–Trinajstić information content (AvgIpc) is 3.44. The summed E-state index contributed by atoms with van der Waals surface area (Å²) in [5.41, 5.74) is 0.869. The van der Waals surface area contributed by atoms with E-state index in [1.165, 1.54) is 11.6 Å². The van der Waals surface area contributed by atoms with Crippen molar-refractivity contribution >= 4 is 16.1 Å². The Morgan fingerprint density at radius 3 is 2.67 bits per heavy atom. The summed E-state index contributed by atoms with van der Waals surface area (Å²) in [6.07, 6.45) is -2.92. The van der Waals surface area contributed by atoms with Crippen molar-refractivity contribution in [2.24, 2.45) is 5.92 Å². The van der Waals surface area contributed by atoms with E-state index >= 15 is 0 Å². The van der Waals surface area contributed by atoms with Crippen LogP contribution >= 0.6 is 0 Å². The number of alkyl carbamates (subject to hydrolysis) is 1. The summed E-state index contributed by atoms with van der Waals surface area (Å²) in [5, 5.41) is 10.4. The molecule has 2 aliphatic rings. The summed E-state index contributed by atoms with van der Waals surface area (Å²) < 4.78 is 73.6. The molecule has 0 bridgehead atoms. The first-order chi connectivity index (χ1) is 17.0. The molecule has 1 aliphatic heterocycles. The van der Waals surface area contributed by atoms with Crippen LogP contribution in [0.1, 0.15) is 55.2 Å². The van der Waals surface area contributed by atoms with Crippen LogP contribution in [0.4, 0.5) is 18.0 Å². The molecule has 1 N–H and O–H groups in total. The molecule has 2 heterocycles. The monoisotopic (exact) mass is 529 g/mol. The van der Waals surface area contributed by atoms with Gasteiger partial charge in [0.2, 0.25) is 10.0 Å².